The summed E-state index contributed by atoms with van der Waals surface area (Å²) in [6.45, 7) is 3.12. The Balaban J connectivity index is 2.05. The number of hydrogen-bond acceptors (Lipinski definition) is 3. The number of carbonyl (C=O) groups is 1. The molecule has 0 saturated carbocycles. The predicted octanol–water partition coefficient (Wildman–Crippen LogP) is 1.49. The maximum atomic E-state index is 13.8. The molecule has 1 fully saturated rings. The van der Waals surface area contributed by atoms with Gasteiger partial charge in [-0.25, -0.2) is 4.39 Å². The lowest BCUT2D eigenvalue weighted by Gasteiger charge is -2.32. The van der Waals surface area contributed by atoms with Gasteiger partial charge >= 0.3 is 0 Å². The minimum atomic E-state index is -0.522. The van der Waals surface area contributed by atoms with E-state index in [1.807, 2.05) is 0 Å². The van der Waals surface area contributed by atoms with Gasteiger partial charge in [-0.1, -0.05) is 0 Å². The zero-order valence-electron chi connectivity index (χ0n) is 11.6. The van der Waals surface area contributed by atoms with Gasteiger partial charge in [0.2, 0.25) is 5.91 Å². The number of hydrogen-bond donors (Lipinski definition) is 2. The first-order valence-corrected chi connectivity index (χ1v) is 7.11. The molecule has 1 atom stereocenters. The molecular formula is C15H22FN3O. The van der Waals surface area contributed by atoms with Crippen LogP contribution in [0.25, 0.3) is 0 Å². The molecule has 1 aromatic carbocycles. The van der Waals surface area contributed by atoms with E-state index in [0.29, 0.717) is 30.1 Å². The third-order valence-corrected chi connectivity index (χ3v) is 3.90. The Hall–Kier alpha value is -1.46. The van der Waals surface area contributed by atoms with Crippen molar-refractivity contribution in [1.29, 1.82) is 0 Å². The normalized spacial score (nSPS) is 20.0. The first-order valence-electron chi connectivity index (χ1n) is 7.11. The van der Waals surface area contributed by atoms with Crippen LogP contribution in [-0.2, 0) is 6.54 Å². The minimum Gasteiger partial charge on any atom is -0.366 e. The lowest BCUT2D eigenvalue weighted by Crippen LogP contribution is -2.36. The van der Waals surface area contributed by atoms with Gasteiger partial charge in [0.15, 0.2) is 0 Å². The summed E-state index contributed by atoms with van der Waals surface area (Å²) in [6.07, 6.45) is 3.32. The van der Waals surface area contributed by atoms with Gasteiger partial charge in [0, 0.05) is 24.2 Å². The second-order valence-corrected chi connectivity index (χ2v) is 5.49. The SMILES string of the molecule is NCCC1CCCN(Cc2cc(C(N)=O)ccc2F)C1. The molecule has 1 aliphatic rings. The average Bonchev–Trinajstić information content (AvgIpc) is 2.42. The van der Waals surface area contributed by atoms with Crippen LogP contribution in [-0.4, -0.2) is 30.4 Å². The third-order valence-electron chi connectivity index (χ3n) is 3.90. The summed E-state index contributed by atoms with van der Waals surface area (Å²) < 4.78 is 13.8. The third kappa shape index (κ3) is 3.77. The van der Waals surface area contributed by atoms with Crippen molar-refractivity contribution in [1.82, 2.24) is 4.90 Å². The van der Waals surface area contributed by atoms with Gasteiger partial charge in [0.25, 0.3) is 0 Å². The fourth-order valence-electron chi connectivity index (χ4n) is 2.86. The Morgan fingerprint density at radius 2 is 2.25 bits per heavy atom. The Labute approximate surface area is 118 Å². The second kappa shape index (κ2) is 6.81. The van der Waals surface area contributed by atoms with Crippen LogP contribution in [0.1, 0.15) is 35.2 Å². The molecule has 1 unspecified atom stereocenters. The van der Waals surface area contributed by atoms with Gasteiger partial charge in [-0.2, -0.15) is 0 Å². The highest BCUT2D eigenvalue weighted by atomic mass is 19.1. The molecule has 1 amide bonds. The second-order valence-electron chi connectivity index (χ2n) is 5.49. The Kier molecular flexibility index (Phi) is 5.09. The van der Waals surface area contributed by atoms with Crippen LogP contribution in [0.2, 0.25) is 0 Å². The summed E-state index contributed by atoms with van der Waals surface area (Å²) in [5.74, 6) is -0.210. The first-order chi connectivity index (χ1) is 9.60. The zero-order valence-corrected chi connectivity index (χ0v) is 11.6. The van der Waals surface area contributed by atoms with Crippen molar-refractivity contribution < 1.29 is 9.18 Å². The molecule has 0 aromatic heterocycles. The van der Waals surface area contributed by atoms with Crippen molar-refractivity contribution in [3.05, 3.63) is 35.1 Å². The molecule has 1 saturated heterocycles. The number of rotatable bonds is 5. The number of nitrogens with two attached hydrogens (primary N) is 2. The van der Waals surface area contributed by atoms with Gasteiger partial charge in [0.1, 0.15) is 5.82 Å². The van der Waals surface area contributed by atoms with E-state index in [0.717, 1.165) is 25.9 Å². The van der Waals surface area contributed by atoms with Crippen molar-refractivity contribution in [2.24, 2.45) is 17.4 Å². The highest BCUT2D eigenvalue weighted by Gasteiger charge is 2.20. The van der Waals surface area contributed by atoms with Gasteiger partial charge in [-0.3, -0.25) is 9.69 Å². The summed E-state index contributed by atoms with van der Waals surface area (Å²) in [5.41, 5.74) is 11.7. The van der Waals surface area contributed by atoms with Crippen molar-refractivity contribution in [2.45, 2.75) is 25.8 Å². The molecule has 0 aliphatic carbocycles. The number of benzene rings is 1. The van der Waals surface area contributed by atoms with Crippen LogP contribution >= 0.6 is 0 Å². The number of nitrogens with zero attached hydrogens (tertiary/aromatic N) is 1. The van der Waals surface area contributed by atoms with Crippen molar-refractivity contribution in [3.63, 3.8) is 0 Å². The number of amides is 1. The Morgan fingerprint density at radius 1 is 1.45 bits per heavy atom. The van der Waals surface area contributed by atoms with Crippen LogP contribution in [0.15, 0.2) is 18.2 Å². The number of piperidine rings is 1. The Morgan fingerprint density at radius 3 is 2.95 bits per heavy atom. The van der Waals surface area contributed by atoms with E-state index in [-0.39, 0.29) is 5.82 Å². The fourth-order valence-corrected chi connectivity index (χ4v) is 2.86. The molecule has 20 heavy (non-hydrogen) atoms. The lowest BCUT2D eigenvalue weighted by molar-refractivity contribution is 0.1000. The summed E-state index contributed by atoms with van der Waals surface area (Å²) >= 11 is 0. The van der Waals surface area contributed by atoms with E-state index in [1.54, 1.807) is 6.07 Å². The molecule has 4 nitrogen and oxygen atoms in total. The summed E-state index contributed by atoms with van der Waals surface area (Å²) in [6, 6.07) is 4.30. The van der Waals surface area contributed by atoms with Crippen molar-refractivity contribution >= 4 is 5.91 Å². The smallest absolute Gasteiger partial charge is 0.248 e. The molecule has 5 heteroatoms. The van der Waals surface area contributed by atoms with Crippen LogP contribution < -0.4 is 11.5 Å². The van der Waals surface area contributed by atoms with E-state index >= 15 is 0 Å². The quantitative estimate of drug-likeness (QED) is 0.857. The molecule has 0 radical (unpaired) electrons. The van der Waals surface area contributed by atoms with E-state index in [9.17, 15) is 9.18 Å². The number of likely N-dealkylation sites (tertiary alicyclic amines) is 1. The van der Waals surface area contributed by atoms with Crippen molar-refractivity contribution in [2.75, 3.05) is 19.6 Å². The van der Waals surface area contributed by atoms with E-state index in [2.05, 4.69) is 4.90 Å². The molecule has 110 valence electrons. The standard InChI is InChI=1S/C15H22FN3O/c16-14-4-3-12(15(18)20)8-13(14)10-19-7-1-2-11(9-19)5-6-17/h3-4,8,11H,1-2,5-7,9-10,17H2,(H2,18,20). The molecular weight excluding hydrogens is 257 g/mol. The molecule has 0 bridgehead atoms. The van der Waals surface area contributed by atoms with E-state index in [4.69, 9.17) is 11.5 Å². The predicted molar refractivity (Wildman–Crippen MR) is 76.6 cm³/mol. The van der Waals surface area contributed by atoms with Crippen LogP contribution in [0.5, 0.6) is 0 Å². The number of halogens is 1. The number of primary amides is 1. The molecule has 1 heterocycles. The highest BCUT2D eigenvalue weighted by molar-refractivity contribution is 5.92. The van der Waals surface area contributed by atoms with Gasteiger partial charge in [-0.05, 0) is 56.5 Å². The molecule has 0 spiro atoms. The average molecular weight is 279 g/mol. The van der Waals surface area contributed by atoms with Crippen LogP contribution in [0.3, 0.4) is 0 Å². The first kappa shape index (κ1) is 14.9. The van der Waals surface area contributed by atoms with Gasteiger partial charge in [0.05, 0.1) is 0 Å². The summed E-state index contributed by atoms with van der Waals surface area (Å²) in [4.78, 5) is 13.4. The van der Waals surface area contributed by atoms with Crippen LogP contribution in [0.4, 0.5) is 4.39 Å². The number of carbonyl (C=O) groups excluding carboxylic acids is 1. The molecule has 4 N–H and O–H groups in total. The fraction of sp³-hybridized carbons (Fsp3) is 0.533. The van der Waals surface area contributed by atoms with E-state index < -0.39 is 5.91 Å². The van der Waals surface area contributed by atoms with Gasteiger partial charge in [-0.15, -0.1) is 0 Å². The van der Waals surface area contributed by atoms with Gasteiger partial charge < -0.3 is 11.5 Å². The monoisotopic (exact) mass is 279 g/mol. The van der Waals surface area contributed by atoms with E-state index in [1.165, 1.54) is 18.6 Å². The largest absolute Gasteiger partial charge is 0.366 e. The minimum absolute atomic E-state index is 0.282. The highest BCUT2D eigenvalue weighted by Crippen LogP contribution is 2.22. The van der Waals surface area contributed by atoms with Crippen molar-refractivity contribution in [3.8, 4) is 0 Å². The molecule has 1 aromatic rings. The molecule has 1 aliphatic heterocycles. The maximum absolute atomic E-state index is 13.8. The topological polar surface area (TPSA) is 72.3 Å². The molecule has 2 rings (SSSR count). The Bertz CT molecular complexity index is 476. The maximum Gasteiger partial charge on any atom is 0.248 e. The zero-order chi connectivity index (χ0) is 14.5. The summed E-state index contributed by atoms with van der Waals surface area (Å²) in [5, 5.41) is 0. The summed E-state index contributed by atoms with van der Waals surface area (Å²) in [7, 11) is 0. The lowest BCUT2D eigenvalue weighted by atomic mass is 9.94. The van der Waals surface area contributed by atoms with Crippen LogP contribution in [0, 0.1) is 11.7 Å².